The molecule has 2 aromatic rings. The number of aliphatic carboxylic acids is 1. The number of carboxylic acids is 1. The van der Waals surface area contributed by atoms with Crippen LogP contribution >= 0.6 is 12.6 Å². The molecular formula is C33H45N7O11S. The summed E-state index contributed by atoms with van der Waals surface area (Å²) in [5, 5.41) is 51.2. The van der Waals surface area contributed by atoms with Gasteiger partial charge in [0.25, 0.3) is 0 Å². The lowest BCUT2D eigenvalue weighted by Gasteiger charge is -2.27. The SMILES string of the molecule is C[C@H](N)C(=O)N[C@H](C(=O)N[C@@H](Cc1ccc(O)cc1)C(=O)N[C@@H](Cc1ccc(O)cc1)C(=O)N[C@@H](CS)C(=O)N[C@@H](CCC(N)=O)C(=O)O)[C@@H](C)O. The van der Waals surface area contributed by atoms with E-state index >= 15 is 0 Å². The molecule has 0 saturated heterocycles. The highest BCUT2D eigenvalue weighted by Gasteiger charge is 2.34. The molecule has 7 atom stereocenters. The number of aromatic hydroxyl groups is 2. The smallest absolute Gasteiger partial charge is 0.326 e. The van der Waals surface area contributed by atoms with Crippen molar-refractivity contribution in [3.05, 3.63) is 59.7 Å². The maximum absolute atomic E-state index is 13.9. The van der Waals surface area contributed by atoms with Crippen LogP contribution in [0.5, 0.6) is 11.5 Å². The lowest BCUT2D eigenvalue weighted by Crippen LogP contribution is -2.61. The van der Waals surface area contributed by atoms with Gasteiger partial charge in [0, 0.05) is 25.0 Å². The molecule has 0 aromatic heterocycles. The molecule has 52 heavy (non-hydrogen) atoms. The standard InChI is InChI=1S/C33H45N7O11S/c1-16(34)28(45)40-27(17(2)41)32(49)38-24(14-19-5-9-21(43)10-6-19)29(46)37-23(13-18-3-7-20(42)8-4-18)30(47)39-25(15-52)31(48)36-22(33(50)51)11-12-26(35)44/h3-10,16-17,22-25,27,41-43,52H,11-15,34H2,1-2H3,(H2,35,44)(H,36,48)(H,37,46)(H,38,49)(H,39,47)(H,40,45)(H,50,51)/t16-,17+,22-,23-,24-,25-,27-/m0/s1. The number of amides is 6. The van der Waals surface area contributed by atoms with Crippen LogP contribution in [-0.2, 0) is 46.4 Å². The summed E-state index contributed by atoms with van der Waals surface area (Å²) in [7, 11) is 0. The van der Waals surface area contributed by atoms with Gasteiger partial charge >= 0.3 is 5.97 Å². The highest BCUT2D eigenvalue weighted by molar-refractivity contribution is 7.80. The second-order valence-electron chi connectivity index (χ2n) is 12.0. The molecule has 0 saturated carbocycles. The molecule has 0 aliphatic carbocycles. The summed E-state index contributed by atoms with van der Waals surface area (Å²) in [6.45, 7) is 2.60. The molecule has 0 unspecified atom stereocenters. The minimum absolute atomic E-state index is 0.0717. The Labute approximate surface area is 304 Å². The van der Waals surface area contributed by atoms with Crippen LogP contribution in [-0.4, -0.2) is 110 Å². The van der Waals surface area contributed by atoms with Gasteiger partial charge in [0.2, 0.25) is 35.4 Å². The van der Waals surface area contributed by atoms with Crippen molar-refractivity contribution >= 4 is 54.0 Å². The van der Waals surface area contributed by atoms with E-state index in [-0.39, 0.29) is 42.9 Å². The highest BCUT2D eigenvalue weighted by atomic mass is 32.1. The number of primary amides is 1. The first kappa shape index (κ1) is 42.8. The Morgan fingerprint density at radius 2 is 1.06 bits per heavy atom. The molecule has 19 heteroatoms. The Balaban J connectivity index is 2.42. The number of hydrogen-bond donors (Lipinski definition) is 12. The number of benzene rings is 2. The molecule has 6 amide bonds. The molecule has 0 aliphatic rings. The number of aliphatic hydroxyl groups excluding tert-OH is 1. The summed E-state index contributed by atoms with van der Waals surface area (Å²) in [6, 6.07) is 2.92. The largest absolute Gasteiger partial charge is 0.508 e. The number of carboxylic acid groups (broad SMARTS) is 1. The van der Waals surface area contributed by atoms with E-state index < -0.39 is 83.8 Å². The van der Waals surface area contributed by atoms with E-state index in [1.54, 1.807) is 0 Å². The van der Waals surface area contributed by atoms with E-state index in [9.17, 15) is 54.0 Å². The first-order valence-corrected chi connectivity index (χ1v) is 16.7. The van der Waals surface area contributed by atoms with E-state index in [1.807, 2.05) is 0 Å². The molecule has 0 fully saturated rings. The number of rotatable bonds is 20. The van der Waals surface area contributed by atoms with E-state index in [0.29, 0.717) is 11.1 Å². The molecule has 0 heterocycles. The zero-order valence-electron chi connectivity index (χ0n) is 28.4. The molecule has 2 aromatic carbocycles. The van der Waals surface area contributed by atoms with Crippen LogP contribution in [0.25, 0.3) is 0 Å². The number of carbonyl (C=O) groups is 7. The molecular weight excluding hydrogens is 702 g/mol. The summed E-state index contributed by atoms with van der Waals surface area (Å²) < 4.78 is 0. The quantitative estimate of drug-likeness (QED) is 0.0617. The van der Waals surface area contributed by atoms with E-state index in [2.05, 4.69) is 39.2 Å². The van der Waals surface area contributed by atoms with Crippen LogP contribution < -0.4 is 38.1 Å². The fraction of sp³-hybridized carbons (Fsp3) is 0.424. The van der Waals surface area contributed by atoms with Crippen LogP contribution in [0, 0.1) is 0 Å². The predicted molar refractivity (Wildman–Crippen MR) is 189 cm³/mol. The van der Waals surface area contributed by atoms with Gasteiger partial charge < -0.3 is 58.5 Å². The zero-order chi connectivity index (χ0) is 39.1. The van der Waals surface area contributed by atoms with Gasteiger partial charge in [-0.1, -0.05) is 24.3 Å². The Kier molecular flexibility index (Phi) is 16.8. The Morgan fingerprint density at radius 1 is 0.654 bits per heavy atom. The number of nitrogens with one attached hydrogen (secondary N) is 5. The number of nitrogens with two attached hydrogens (primary N) is 2. The number of phenols is 2. The van der Waals surface area contributed by atoms with Crippen molar-refractivity contribution in [2.24, 2.45) is 11.5 Å². The molecule has 0 aliphatic heterocycles. The van der Waals surface area contributed by atoms with Gasteiger partial charge in [0.05, 0.1) is 12.1 Å². The van der Waals surface area contributed by atoms with Gasteiger partial charge in [-0.3, -0.25) is 28.8 Å². The van der Waals surface area contributed by atoms with Gasteiger partial charge in [-0.2, -0.15) is 12.6 Å². The maximum Gasteiger partial charge on any atom is 0.326 e. The molecule has 18 nitrogen and oxygen atoms in total. The van der Waals surface area contributed by atoms with Gasteiger partial charge in [-0.05, 0) is 55.7 Å². The fourth-order valence-electron chi connectivity index (χ4n) is 4.66. The molecule has 0 spiro atoms. The second kappa shape index (κ2) is 20.4. The van der Waals surface area contributed by atoms with E-state index in [0.717, 1.165) is 0 Å². The van der Waals surface area contributed by atoms with Crippen molar-refractivity contribution in [2.75, 3.05) is 5.75 Å². The normalized spacial score (nSPS) is 14.9. The third kappa shape index (κ3) is 14.1. The third-order valence-corrected chi connectivity index (χ3v) is 7.97. The monoisotopic (exact) mass is 747 g/mol. The van der Waals surface area contributed by atoms with Crippen LogP contribution in [0.3, 0.4) is 0 Å². The average molecular weight is 748 g/mol. The van der Waals surface area contributed by atoms with Gasteiger partial charge in [0.1, 0.15) is 41.7 Å². The summed E-state index contributed by atoms with van der Waals surface area (Å²) >= 11 is 4.11. The predicted octanol–water partition coefficient (Wildman–Crippen LogP) is -2.69. The second-order valence-corrected chi connectivity index (χ2v) is 12.4. The zero-order valence-corrected chi connectivity index (χ0v) is 29.3. The van der Waals surface area contributed by atoms with Crippen molar-refractivity contribution in [1.29, 1.82) is 0 Å². The van der Waals surface area contributed by atoms with Crippen molar-refractivity contribution in [2.45, 2.75) is 81.9 Å². The number of hydrogen-bond acceptors (Lipinski definition) is 12. The highest BCUT2D eigenvalue weighted by Crippen LogP contribution is 2.14. The van der Waals surface area contributed by atoms with Gasteiger partial charge in [-0.15, -0.1) is 0 Å². The Hall–Kier alpha value is -5.40. The first-order valence-electron chi connectivity index (χ1n) is 16.0. The average Bonchev–Trinajstić information content (AvgIpc) is 3.08. The number of phenolic OH excluding ortho intramolecular Hbond substituents is 2. The van der Waals surface area contributed by atoms with Crippen molar-refractivity contribution in [1.82, 2.24) is 26.6 Å². The minimum atomic E-state index is -1.53. The molecule has 13 N–H and O–H groups in total. The Bertz CT molecular complexity index is 1570. The maximum atomic E-state index is 13.9. The minimum Gasteiger partial charge on any atom is -0.508 e. The first-order chi connectivity index (χ1) is 24.4. The van der Waals surface area contributed by atoms with Gasteiger partial charge in [-0.25, -0.2) is 4.79 Å². The lowest BCUT2D eigenvalue weighted by atomic mass is 10.0. The van der Waals surface area contributed by atoms with E-state index in [4.69, 9.17) is 11.5 Å². The van der Waals surface area contributed by atoms with Crippen molar-refractivity contribution in [3.63, 3.8) is 0 Å². The summed E-state index contributed by atoms with van der Waals surface area (Å²) in [4.78, 5) is 89.1. The van der Waals surface area contributed by atoms with Crippen LogP contribution in [0.1, 0.15) is 37.8 Å². The fourth-order valence-corrected chi connectivity index (χ4v) is 4.92. The summed E-state index contributed by atoms with van der Waals surface area (Å²) in [6.07, 6.45) is -2.47. The van der Waals surface area contributed by atoms with Gasteiger partial charge in [0.15, 0.2) is 0 Å². The van der Waals surface area contributed by atoms with Crippen LogP contribution in [0.15, 0.2) is 48.5 Å². The van der Waals surface area contributed by atoms with Crippen LogP contribution in [0.4, 0.5) is 0 Å². The summed E-state index contributed by atoms with van der Waals surface area (Å²) in [5.74, 6) is -7.19. The molecule has 2 rings (SSSR count). The van der Waals surface area contributed by atoms with Crippen molar-refractivity contribution < 1.29 is 54.0 Å². The number of carbonyl (C=O) groups excluding carboxylic acids is 6. The Morgan fingerprint density at radius 3 is 1.44 bits per heavy atom. The lowest BCUT2D eigenvalue weighted by molar-refractivity contribution is -0.142. The third-order valence-electron chi connectivity index (χ3n) is 7.60. The molecule has 284 valence electrons. The topological polar surface area (TPSA) is 313 Å². The van der Waals surface area contributed by atoms with E-state index in [1.165, 1.54) is 62.4 Å². The van der Waals surface area contributed by atoms with Crippen LogP contribution in [0.2, 0.25) is 0 Å². The van der Waals surface area contributed by atoms with Crippen molar-refractivity contribution in [3.8, 4) is 11.5 Å². The molecule has 0 radical (unpaired) electrons. The number of thiol groups is 1. The molecule has 0 bridgehead atoms. The summed E-state index contributed by atoms with van der Waals surface area (Å²) in [5.41, 5.74) is 11.6. The number of aliphatic hydroxyl groups is 1.